The average molecular weight is 337 g/mol. The van der Waals surface area contributed by atoms with Crippen LogP contribution in [0.4, 0.5) is 0 Å². The molecule has 0 bridgehead atoms. The van der Waals surface area contributed by atoms with Crippen LogP contribution < -0.4 is 0 Å². The number of hydrogen-bond acceptors (Lipinski definition) is 2. The molecular formula is C22H40O2. The van der Waals surface area contributed by atoms with Crippen LogP contribution >= 0.6 is 0 Å². The van der Waals surface area contributed by atoms with Crippen molar-refractivity contribution in [2.45, 2.75) is 94.1 Å². The molecule has 1 aliphatic rings. The third-order valence-corrected chi connectivity index (χ3v) is 5.21. The quantitative estimate of drug-likeness (QED) is 0.622. The SMILES string of the molecule is CC(C)(C)CC(C)(C)C1=C(O)C=CC(O)(C(C)(C)CC(C)(C)C)C1. The monoisotopic (exact) mass is 336 g/mol. The Morgan fingerprint density at radius 3 is 1.75 bits per heavy atom. The molecule has 140 valence electrons. The van der Waals surface area contributed by atoms with Crippen molar-refractivity contribution in [1.29, 1.82) is 0 Å². The van der Waals surface area contributed by atoms with Crippen LogP contribution in [0.25, 0.3) is 0 Å². The lowest BCUT2D eigenvalue weighted by molar-refractivity contribution is -0.0507. The first-order valence-corrected chi connectivity index (χ1v) is 9.23. The normalized spacial score (nSPS) is 23.8. The minimum atomic E-state index is -0.934. The molecule has 1 aliphatic carbocycles. The molecule has 2 nitrogen and oxygen atoms in total. The molecule has 0 aromatic rings. The molecule has 0 amide bonds. The molecule has 2 N–H and O–H groups in total. The van der Waals surface area contributed by atoms with Crippen LogP contribution in [0.1, 0.15) is 88.5 Å². The lowest BCUT2D eigenvalue weighted by atomic mass is 9.60. The van der Waals surface area contributed by atoms with Crippen LogP contribution in [0, 0.1) is 21.7 Å². The summed E-state index contributed by atoms with van der Waals surface area (Å²) in [7, 11) is 0. The number of aliphatic hydroxyl groups excluding tert-OH is 1. The highest BCUT2D eigenvalue weighted by atomic mass is 16.3. The third-order valence-electron chi connectivity index (χ3n) is 5.21. The topological polar surface area (TPSA) is 40.5 Å². The van der Waals surface area contributed by atoms with E-state index >= 15 is 0 Å². The van der Waals surface area contributed by atoms with Crippen molar-refractivity contribution < 1.29 is 10.2 Å². The largest absolute Gasteiger partial charge is 0.508 e. The number of hydrogen-bond donors (Lipinski definition) is 2. The average Bonchev–Trinajstić information content (AvgIpc) is 2.25. The van der Waals surface area contributed by atoms with E-state index in [4.69, 9.17) is 0 Å². The Balaban J connectivity index is 3.19. The van der Waals surface area contributed by atoms with E-state index in [-0.39, 0.29) is 21.7 Å². The Morgan fingerprint density at radius 1 is 0.875 bits per heavy atom. The van der Waals surface area contributed by atoms with E-state index in [1.54, 1.807) is 6.08 Å². The van der Waals surface area contributed by atoms with Crippen LogP contribution in [0.3, 0.4) is 0 Å². The minimum Gasteiger partial charge on any atom is -0.508 e. The highest BCUT2D eigenvalue weighted by Gasteiger charge is 2.47. The number of allylic oxidation sites excluding steroid dienone is 1. The summed E-state index contributed by atoms with van der Waals surface area (Å²) in [5.74, 6) is 0.334. The van der Waals surface area contributed by atoms with Gasteiger partial charge in [0.1, 0.15) is 5.76 Å². The van der Waals surface area contributed by atoms with E-state index in [1.807, 2.05) is 6.08 Å². The highest BCUT2D eigenvalue weighted by Crippen LogP contribution is 2.51. The second kappa shape index (κ2) is 6.20. The van der Waals surface area contributed by atoms with Crippen molar-refractivity contribution in [2.24, 2.45) is 21.7 Å². The molecule has 24 heavy (non-hydrogen) atoms. The lowest BCUT2D eigenvalue weighted by Crippen LogP contribution is -2.47. The summed E-state index contributed by atoms with van der Waals surface area (Å²) in [6, 6.07) is 0. The fourth-order valence-electron chi connectivity index (χ4n) is 4.70. The van der Waals surface area contributed by atoms with Crippen LogP contribution in [-0.4, -0.2) is 15.8 Å². The van der Waals surface area contributed by atoms with E-state index in [2.05, 4.69) is 69.2 Å². The van der Waals surface area contributed by atoms with Gasteiger partial charge in [0.05, 0.1) is 5.60 Å². The second-order valence-electron chi connectivity index (χ2n) is 11.5. The molecule has 0 aliphatic heterocycles. The van der Waals surface area contributed by atoms with Crippen molar-refractivity contribution >= 4 is 0 Å². The third kappa shape index (κ3) is 5.12. The molecule has 0 aromatic carbocycles. The predicted octanol–water partition coefficient (Wildman–Crippen LogP) is 6.41. The van der Waals surface area contributed by atoms with E-state index in [0.717, 1.165) is 18.4 Å². The molecule has 1 unspecified atom stereocenters. The van der Waals surface area contributed by atoms with Crippen LogP contribution in [0.5, 0.6) is 0 Å². The molecule has 0 saturated heterocycles. The zero-order valence-electron chi connectivity index (χ0n) is 17.7. The zero-order chi connectivity index (χ0) is 19.2. The summed E-state index contributed by atoms with van der Waals surface area (Å²) in [6.07, 6.45) is 5.90. The van der Waals surface area contributed by atoms with Gasteiger partial charge in [-0.3, -0.25) is 0 Å². The molecule has 1 atom stereocenters. The molecular weight excluding hydrogens is 296 g/mol. The Hall–Kier alpha value is -0.760. The predicted molar refractivity (Wildman–Crippen MR) is 104 cm³/mol. The van der Waals surface area contributed by atoms with Gasteiger partial charge < -0.3 is 10.2 Å². The molecule has 1 rings (SSSR count). The summed E-state index contributed by atoms with van der Waals surface area (Å²) in [5, 5.41) is 22.0. The van der Waals surface area contributed by atoms with Gasteiger partial charge in [-0.2, -0.15) is 0 Å². The Kier molecular flexibility index (Phi) is 5.49. The van der Waals surface area contributed by atoms with Crippen molar-refractivity contribution in [3.63, 3.8) is 0 Å². The second-order valence-corrected chi connectivity index (χ2v) is 11.5. The first-order valence-electron chi connectivity index (χ1n) is 9.23. The van der Waals surface area contributed by atoms with E-state index in [0.29, 0.717) is 12.2 Å². The molecule has 2 heteroatoms. The fraction of sp³-hybridized carbons (Fsp3) is 0.818. The van der Waals surface area contributed by atoms with Crippen molar-refractivity contribution in [3.8, 4) is 0 Å². The fourth-order valence-corrected chi connectivity index (χ4v) is 4.70. The van der Waals surface area contributed by atoms with E-state index in [1.165, 1.54) is 0 Å². The lowest BCUT2D eigenvalue weighted by Gasteiger charge is -2.48. The summed E-state index contributed by atoms with van der Waals surface area (Å²) < 4.78 is 0. The van der Waals surface area contributed by atoms with Crippen LogP contribution in [0.2, 0.25) is 0 Å². The van der Waals surface area contributed by atoms with E-state index < -0.39 is 5.60 Å². The molecule has 0 saturated carbocycles. The maximum atomic E-state index is 11.5. The van der Waals surface area contributed by atoms with Crippen molar-refractivity contribution in [1.82, 2.24) is 0 Å². The molecule has 0 heterocycles. The number of rotatable bonds is 4. The van der Waals surface area contributed by atoms with Gasteiger partial charge in [-0.05, 0) is 52.2 Å². The Morgan fingerprint density at radius 2 is 1.33 bits per heavy atom. The standard InChI is InChI=1S/C22H40O2/c1-18(2,3)14-20(7,8)16-13-22(24,12-11-17(16)23)21(9,10)15-19(4,5)6/h11-12,23-24H,13-15H2,1-10H3. The minimum absolute atomic E-state index is 0.136. The zero-order valence-corrected chi connectivity index (χ0v) is 17.7. The maximum Gasteiger partial charge on any atom is 0.115 e. The molecule has 0 radical (unpaired) electrons. The Labute approximate surface area is 150 Å². The maximum absolute atomic E-state index is 11.5. The van der Waals surface area contributed by atoms with Crippen molar-refractivity contribution in [3.05, 3.63) is 23.5 Å². The summed E-state index contributed by atoms with van der Waals surface area (Å²) in [4.78, 5) is 0. The molecule has 0 aromatic heterocycles. The van der Waals surface area contributed by atoms with Gasteiger partial charge in [-0.1, -0.05) is 69.2 Å². The van der Waals surface area contributed by atoms with Crippen LogP contribution in [0.15, 0.2) is 23.5 Å². The van der Waals surface area contributed by atoms with Gasteiger partial charge in [-0.25, -0.2) is 0 Å². The van der Waals surface area contributed by atoms with Gasteiger partial charge >= 0.3 is 0 Å². The van der Waals surface area contributed by atoms with Gasteiger partial charge in [0, 0.05) is 6.42 Å². The van der Waals surface area contributed by atoms with Gasteiger partial charge in [0.15, 0.2) is 0 Å². The summed E-state index contributed by atoms with van der Waals surface area (Å²) >= 11 is 0. The first-order chi connectivity index (χ1) is 10.4. The molecule has 0 fully saturated rings. The van der Waals surface area contributed by atoms with Gasteiger partial charge in [-0.15, -0.1) is 0 Å². The first kappa shape index (κ1) is 21.3. The van der Waals surface area contributed by atoms with Crippen molar-refractivity contribution in [2.75, 3.05) is 0 Å². The summed E-state index contributed by atoms with van der Waals surface area (Å²) in [5.41, 5.74) is -0.0835. The van der Waals surface area contributed by atoms with E-state index in [9.17, 15) is 10.2 Å². The molecule has 0 spiro atoms. The summed E-state index contributed by atoms with van der Waals surface area (Å²) in [6.45, 7) is 21.9. The van der Waals surface area contributed by atoms with Crippen LogP contribution in [-0.2, 0) is 0 Å². The smallest absolute Gasteiger partial charge is 0.115 e. The Bertz CT molecular complexity index is 521. The van der Waals surface area contributed by atoms with Gasteiger partial charge in [0.2, 0.25) is 0 Å². The highest BCUT2D eigenvalue weighted by molar-refractivity contribution is 5.35. The number of aliphatic hydroxyl groups is 2. The van der Waals surface area contributed by atoms with Gasteiger partial charge in [0.25, 0.3) is 0 Å².